The van der Waals surface area contributed by atoms with Crippen molar-refractivity contribution >= 4 is 6.21 Å². The minimum Gasteiger partial charge on any atom is -0.382 e. The SMILES string of the molecule is C#CCON=[C]c1ccc(C2CCCCC2)cc1. The molecule has 0 amide bonds. The summed E-state index contributed by atoms with van der Waals surface area (Å²) in [5.74, 6) is 3.09. The number of rotatable bonds is 4. The van der Waals surface area contributed by atoms with Gasteiger partial charge in [0, 0.05) is 5.56 Å². The van der Waals surface area contributed by atoms with E-state index < -0.39 is 0 Å². The predicted molar refractivity (Wildman–Crippen MR) is 73.6 cm³/mol. The van der Waals surface area contributed by atoms with Gasteiger partial charge in [-0.2, -0.15) is 0 Å². The molecule has 1 aromatic carbocycles. The molecule has 0 N–H and O–H groups in total. The van der Waals surface area contributed by atoms with E-state index in [2.05, 4.69) is 29.4 Å². The van der Waals surface area contributed by atoms with E-state index in [1.807, 2.05) is 12.1 Å². The molecule has 2 rings (SSSR count). The Bertz CT molecular complexity index is 421. The zero-order valence-corrected chi connectivity index (χ0v) is 10.6. The van der Waals surface area contributed by atoms with Crippen molar-refractivity contribution in [1.82, 2.24) is 0 Å². The molecule has 1 radical (unpaired) electrons. The highest BCUT2D eigenvalue weighted by molar-refractivity contribution is 5.79. The third-order valence-corrected chi connectivity index (χ3v) is 3.37. The van der Waals surface area contributed by atoms with Crippen LogP contribution in [-0.2, 0) is 4.84 Å². The summed E-state index contributed by atoms with van der Waals surface area (Å²) >= 11 is 0. The van der Waals surface area contributed by atoms with Gasteiger partial charge in [0.05, 0.1) is 0 Å². The first kappa shape index (κ1) is 12.7. The van der Waals surface area contributed by atoms with Gasteiger partial charge in [-0.25, -0.2) is 0 Å². The summed E-state index contributed by atoms with van der Waals surface area (Å²) in [7, 11) is 0. The van der Waals surface area contributed by atoms with Crippen molar-refractivity contribution < 1.29 is 4.84 Å². The molecule has 0 aliphatic heterocycles. The average Bonchev–Trinajstić information content (AvgIpc) is 2.45. The Labute approximate surface area is 109 Å². The molecule has 1 aliphatic carbocycles. The summed E-state index contributed by atoms with van der Waals surface area (Å²) in [4.78, 5) is 4.81. The monoisotopic (exact) mass is 240 g/mol. The summed E-state index contributed by atoms with van der Waals surface area (Å²) in [6.07, 6.45) is 14.6. The Hall–Kier alpha value is -1.75. The average molecular weight is 240 g/mol. The lowest BCUT2D eigenvalue weighted by molar-refractivity contribution is 0.181. The molecule has 0 atom stereocenters. The van der Waals surface area contributed by atoms with E-state index in [0.29, 0.717) is 0 Å². The molecule has 0 saturated heterocycles. The fourth-order valence-electron chi connectivity index (χ4n) is 2.42. The standard InChI is InChI=1S/C16H18NO/c1-2-12-18-17-13-14-8-10-16(11-9-14)15-6-4-3-5-7-15/h1,8-11,15H,3-7,12H2. The van der Waals surface area contributed by atoms with E-state index in [-0.39, 0.29) is 6.61 Å². The summed E-state index contributed by atoms with van der Waals surface area (Å²) in [5, 5.41) is 3.68. The topological polar surface area (TPSA) is 21.6 Å². The van der Waals surface area contributed by atoms with Crippen molar-refractivity contribution in [1.29, 1.82) is 0 Å². The van der Waals surface area contributed by atoms with Crippen LogP contribution in [0.5, 0.6) is 0 Å². The largest absolute Gasteiger partial charge is 0.382 e. The van der Waals surface area contributed by atoms with Gasteiger partial charge in [-0.1, -0.05) is 54.6 Å². The molecule has 2 nitrogen and oxygen atoms in total. The summed E-state index contributed by atoms with van der Waals surface area (Å²) < 4.78 is 0. The Balaban J connectivity index is 1.92. The van der Waals surface area contributed by atoms with Crippen LogP contribution >= 0.6 is 0 Å². The van der Waals surface area contributed by atoms with Crippen LogP contribution in [0, 0.1) is 12.3 Å². The fourth-order valence-corrected chi connectivity index (χ4v) is 2.42. The smallest absolute Gasteiger partial charge is 0.177 e. The minimum atomic E-state index is 0.188. The van der Waals surface area contributed by atoms with E-state index in [9.17, 15) is 0 Å². The van der Waals surface area contributed by atoms with Crippen LogP contribution in [0.3, 0.4) is 0 Å². The Morgan fingerprint density at radius 2 is 1.89 bits per heavy atom. The summed E-state index contributed by atoms with van der Waals surface area (Å²) in [5.41, 5.74) is 2.36. The molecule has 93 valence electrons. The van der Waals surface area contributed by atoms with E-state index in [1.165, 1.54) is 37.7 Å². The molecule has 1 aromatic rings. The van der Waals surface area contributed by atoms with Crippen LogP contribution in [0.15, 0.2) is 29.4 Å². The second-order valence-corrected chi connectivity index (χ2v) is 4.64. The Morgan fingerprint density at radius 1 is 1.17 bits per heavy atom. The van der Waals surface area contributed by atoms with Crippen molar-refractivity contribution in [2.24, 2.45) is 5.16 Å². The van der Waals surface area contributed by atoms with Gasteiger partial charge in [0.25, 0.3) is 0 Å². The maximum absolute atomic E-state index is 5.05. The number of terminal acetylenes is 1. The second-order valence-electron chi connectivity index (χ2n) is 4.64. The first-order valence-corrected chi connectivity index (χ1v) is 6.51. The first-order chi connectivity index (χ1) is 8.90. The van der Waals surface area contributed by atoms with Gasteiger partial charge >= 0.3 is 0 Å². The third kappa shape index (κ3) is 3.63. The molecule has 0 bridgehead atoms. The predicted octanol–water partition coefficient (Wildman–Crippen LogP) is 3.60. The lowest BCUT2D eigenvalue weighted by atomic mass is 9.84. The summed E-state index contributed by atoms with van der Waals surface area (Å²) in [6.45, 7) is 0.188. The summed E-state index contributed by atoms with van der Waals surface area (Å²) in [6, 6.07) is 8.42. The molecule has 0 aromatic heterocycles. The number of hydrogen-bond donors (Lipinski definition) is 0. The molecule has 0 unspecified atom stereocenters. The van der Waals surface area contributed by atoms with Crippen molar-refractivity contribution in [3.63, 3.8) is 0 Å². The Kier molecular flexibility index (Phi) is 4.84. The minimum absolute atomic E-state index is 0.188. The molecule has 2 heteroatoms. The highest BCUT2D eigenvalue weighted by atomic mass is 16.6. The number of nitrogens with zero attached hydrogens (tertiary/aromatic N) is 1. The van der Waals surface area contributed by atoms with Crippen LogP contribution in [0.25, 0.3) is 0 Å². The van der Waals surface area contributed by atoms with Gasteiger partial charge in [-0.3, -0.25) is 0 Å². The van der Waals surface area contributed by atoms with Crippen LogP contribution in [0.4, 0.5) is 0 Å². The van der Waals surface area contributed by atoms with Crippen LogP contribution in [-0.4, -0.2) is 12.8 Å². The zero-order chi connectivity index (χ0) is 12.6. The molecular weight excluding hydrogens is 222 g/mol. The first-order valence-electron chi connectivity index (χ1n) is 6.51. The molecule has 18 heavy (non-hydrogen) atoms. The van der Waals surface area contributed by atoms with Crippen LogP contribution in [0.2, 0.25) is 0 Å². The molecule has 1 fully saturated rings. The lowest BCUT2D eigenvalue weighted by Crippen LogP contribution is -2.04. The van der Waals surface area contributed by atoms with Gasteiger partial charge in [-0.15, -0.1) is 6.42 Å². The normalized spacial score (nSPS) is 16.6. The van der Waals surface area contributed by atoms with Gasteiger partial charge < -0.3 is 4.84 Å². The van der Waals surface area contributed by atoms with Crippen molar-refractivity contribution in [2.75, 3.05) is 6.61 Å². The molecule has 0 heterocycles. The Morgan fingerprint density at radius 3 is 2.56 bits per heavy atom. The van der Waals surface area contributed by atoms with Gasteiger partial charge in [-0.05, 0) is 24.3 Å². The van der Waals surface area contributed by atoms with E-state index in [4.69, 9.17) is 11.3 Å². The van der Waals surface area contributed by atoms with Crippen LogP contribution in [0.1, 0.15) is 49.1 Å². The van der Waals surface area contributed by atoms with Crippen molar-refractivity contribution in [2.45, 2.75) is 38.0 Å². The molecule has 1 saturated carbocycles. The highest BCUT2D eigenvalue weighted by Gasteiger charge is 2.14. The van der Waals surface area contributed by atoms with Gasteiger partial charge in [0.1, 0.15) is 6.21 Å². The molecule has 1 aliphatic rings. The quantitative estimate of drug-likeness (QED) is 0.341. The van der Waals surface area contributed by atoms with Gasteiger partial charge in [0.2, 0.25) is 0 Å². The lowest BCUT2D eigenvalue weighted by Gasteiger charge is -2.21. The van der Waals surface area contributed by atoms with E-state index in [1.54, 1.807) is 0 Å². The van der Waals surface area contributed by atoms with Crippen LogP contribution < -0.4 is 0 Å². The molecule has 0 spiro atoms. The maximum atomic E-state index is 5.05. The van der Waals surface area contributed by atoms with Gasteiger partial charge in [0.15, 0.2) is 6.61 Å². The van der Waals surface area contributed by atoms with Crippen molar-refractivity contribution in [3.05, 3.63) is 35.4 Å². The van der Waals surface area contributed by atoms with E-state index >= 15 is 0 Å². The highest BCUT2D eigenvalue weighted by Crippen LogP contribution is 2.32. The second kappa shape index (κ2) is 6.86. The van der Waals surface area contributed by atoms with E-state index in [0.717, 1.165) is 11.5 Å². The maximum Gasteiger partial charge on any atom is 0.177 e. The number of hydrogen-bond acceptors (Lipinski definition) is 2. The zero-order valence-electron chi connectivity index (χ0n) is 10.6. The molecular formula is C16H18NO. The van der Waals surface area contributed by atoms with Crippen molar-refractivity contribution in [3.8, 4) is 12.3 Å². The fraction of sp³-hybridized carbons (Fsp3) is 0.438. The third-order valence-electron chi connectivity index (χ3n) is 3.37. The number of benzene rings is 1.